The second kappa shape index (κ2) is 9.52. The molecule has 1 saturated carbocycles. The summed E-state index contributed by atoms with van der Waals surface area (Å²) in [5, 5.41) is 11.3. The molecular formula is C21H21N3O5S. The monoisotopic (exact) mass is 427 g/mol. The molecule has 1 amide bonds. The zero-order valence-corrected chi connectivity index (χ0v) is 16.9. The van der Waals surface area contributed by atoms with Crippen LogP contribution < -0.4 is 10.0 Å². The predicted molar refractivity (Wildman–Crippen MR) is 108 cm³/mol. The van der Waals surface area contributed by atoms with Crippen LogP contribution in [0, 0.1) is 11.3 Å². The van der Waals surface area contributed by atoms with Crippen molar-refractivity contribution in [3.63, 3.8) is 0 Å². The topological polar surface area (TPSA) is 125 Å². The summed E-state index contributed by atoms with van der Waals surface area (Å²) in [7, 11) is -3.78. The molecule has 30 heavy (non-hydrogen) atoms. The molecule has 1 unspecified atom stereocenters. The summed E-state index contributed by atoms with van der Waals surface area (Å²) in [6.07, 6.45) is 0.752. The van der Waals surface area contributed by atoms with Crippen molar-refractivity contribution in [1.29, 1.82) is 5.26 Å². The van der Waals surface area contributed by atoms with Gasteiger partial charge in [0.2, 0.25) is 16.1 Å². The van der Waals surface area contributed by atoms with Crippen molar-refractivity contribution in [2.24, 2.45) is 0 Å². The Balaban J connectivity index is 1.72. The van der Waals surface area contributed by atoms with E-state index in [1.54, 1.807) is 30.3 Å². The summed E-state index contributed by atoms with van der Waals surface area (Å²) in [5.41, 5.74) is 0.663. The first-order valence-corrected chi connectivity index (χ1v) is 10.9. The lowest BCUT2D eigenvalue weighted by molar-refractivity contribution is -0.130. The van der Waals surface area contributed by atoms with Gasteiger partial charge < -0.3 is 10.1 Å². The molecule has 0 bridgehead atoms. The summed E-state index contributed by atoms with van der Waals surface area (Å²) in [6.45, 7) is -0.00249. The third-order valence-corrected chi connectivity index (χ3v) is 5.90. The van der Waals surface area contributed by atoms with E-state index >= 15 is 0 Å². The summed E-state index contributed by atoms with van der Waals surface area (Å²) in [5.74, 6) is -1.13. The molecule has 3 rings (SSSR count). The second-order valence-corrected chi connectivity index (χ2v) is 8.58. The molecule has 1 fully saturated rings. The van der Waals surface area contributed by atoms with E-state index < -0.39 is 28.0 Å². The van der Waals surface area contributed by atoms with Gasteiger partial charge in [-0.25, -0.2) is 17.9 Å². The van der Waals surface area contributed by atoms with Gasteiger partial charge in [0.25, 0.3) is 5.91 Å². The first kappa shape index (κ1) is 21.5. The number of ether oxygens (including phenoxy) is 1. The highest BCUT2D eigenvalue weighted by molar-refractivity contribution is 7.89. The molecule has 2 aromatic rings. The van der Waals surface area contributed by atoms with Crippen molar-refractivity contribution in [3.05, 3.63) is 65.7 Å². The van der Waals surface area contributed by atoms with Crippen LogP contribution in [-0.2, 0) is 19.6 Å². The lowest BCUT2D eigenvalue weighted by Crippen LogP contribution is -2.33. The van der Waals surface area contributed by atoms with Crippen molar-refractivity contribution in [1.82, 2.24) is 10.0 Å². The largest absolute Gasteiger partial charge is 0.444 e. The fourth-order valence-electron chi connectivity index (χ4n) is 2.68. The third kappa shape index (κ3) is 5.65. The van der Waals surface area contributed by atoms with Crippen molar-refractivity contribution in [3.8, 4) is 6.07 Å². The predicted octanol–water partition coefficient (Wildman–Crippen LogP) is 2.06. The fraction of sp³-hybridized carbons (Fsp3) is 0.286. The number of nitriles is 1. The van der Waals surface area contributed by atoms with E-state index in [0.29, 0.717) is 5.56 Å². The SMILES string of the molecule is N#CCCNS(=O)(=O)c1ccc(C(=O)OC(C(=O)NC2CC2)c2ccccc2)cc1. The number of carbonyl (C=O) groups is 2. The lowest BCUT2D eigenvalue weighted by atomic mass is 10.1. The van der Waals surface area contributed by atoms with E-state index in [1.807, 2.05) is 6.07 Å². The van der Waals surface area contributed by atoms with Crippen LogP contribution in [0.5, 0.6) is 0 Å². The van der Waals surface area contributed by atoms with Gasteiger partial charge in [-0.1, -0.05) is 30.3 Å². The molecule has 0 spiro atoms. The van der Waals surface area contributed by atoms with Crippen LogP contribution in [0.15, 0.2) is 59.5 Å². The minimum Gasteiger partial charge on any atom is -0.444 e. The van der Waals surface area contributed by atoms with E-state index in [0.717, 1.165) is 12.8 Å². The molecule has 1 aliphatic rings. The minimum atomic E-state index is -3.78. The van der Waals surface area contributed by atoms with Gasteiger partial charge in [0, 0.05) is 24.6 Å². The van der Waals surface area contributed by atoms with E-state index in [4.69, 9.17) is 10.00 Å². The van der Waals surface area contributed by atoms with Gasteiger partial charge >= 0.3 is 5.97 Å². The molecule has 1 aliphatic carbocycles. The zero-order valence-electron chi connectivity index (χ0n) is 16.1. The minimum absolute atomic E-state index is 0.00249. The molecule has 0 radical (unpaired) electrons. The van der Waals surface area contributed by atoms with Crippen LogP contribution in [-0.4, -0.2) is 32.9 Å². The Bertz CT molecular complexity index is 1040. The van der Waals surface area contributed by atoms with Crippen LogP contribution in [0.1, 0.15) is 41.3 Å². The van der Waals surface area contributed by atoms with Gasteiger partial charge in [0.15, 0.2) is 0 Å². The molecule has 8 nitrogen and oxygen atoms in total. The van der Waals surface area contributed by atoms with Crippen LogP contribution in [0.2, 0.25) is 0 Å². The molecule has 0 heterocycles. The maximum atomic E-state index is 12.6. The first-order chi connectivity index (χ1) is 14.4. The van der Waals surface area contributed by atoms with Crippen molar-refractivity contribution in [2.45, 2.75) is 36.3 Å². The highest BCUT2D eigenvalue weighted by Crippen LogP contribution is 2.24. The second-order valence-electron chi connectivity index (χ2n) is 6.81. The van der Waals surface area contributed by atoms with Crippen LogP contribution in [0.3, 0.4) is 0 Å². The molecular weight excluding hydrogens is 406 g/mol. The number of hydrogen-bond acceptors (Lipinski definition) is 6. The van der Waals surface area contributed by atoms with Gasteiger partial charge in [-0.2, -0.15) is 5.26 Å². The summed E-state index contributed by atoms with van der Waals surface area (Å²) in [6, 6.07) is 15.8. The Morgan fingerprint density at radius 3 is 2.37 bits per heavy atom. The molecule has 0 aromatic heterocycles. The van der Waals surface area contributed by atoms with Gasteiger partial charge in [-0.15, -0.1) is 0 Å². The smallest absolute Gasteiger partial charge is 0.339 e. The Morgan fingerprint density at radius 2 is 1.77 bits per heavy atom. The number of carbonyl (C=O) groups excluding carboxylic acids is 2. The van der Waals surface area contributed by atoms with Crippen LogP contribution in [0.4, 0.5) is 0 Å². The lowest BCUT2D eigenvalue weighted by Gasteiger charge is -2.18. The van der Waals surface area contributed by atoms with Gasteiger partial charge in [0.1, 0.15) is 0 Å². The molecule has 0 saturated heterocycles. The van der Waals surface area contributed by atoms with Crippen LogP contribution >= 0.6 is 0 Å². The van der Waals surface area contributed by atoms with E-state index in [-0.39, 0.29) is 29.5 Å². The van der Waals surface area contributed by atoms with Crippen LogP contribution in [0.25, 0.3) is 0 Å². The highest BCUT2D eigenvalue weighted by atomic mass is 32.2. The Hall–Kier alpha value is -3.22. The van der Waals surface area contributed by atoms with Crippen molar-refractivity contribution < 1.29 is 22.7 Å². The number of amides is 1. The molecule has 2 N–H and O–H groups in total. The number of esters is 1. The van der Waals surface area contributed by atoms with Gasteiger partial charge in [0.05, 0.1) is 16.5 Å². The average Bonchev–Trinajstić information content (AvgIpc) is 3.56. The molecule has 0 aliphatic heterocycles. The first-order valence-electron chi connectivity index (χ1n) is 9.43. The van der Waals surface area contributed by atoms with Gasteiger partial charge in [-0.05, 0) is 37.1 Å². The summed E-state index contributed by atoms with van der Waals surface area (Å²) in [4.78, 5) is 25.1. The molecule has 9 heteroatoms. The highest BCUT2D eigenvalue weighted by Gasteiger charge is 2.31. The summed E-state index contributed by atoms with van der Waals surface area (Å²) < 4.78 is 32.1. The maximum Gasteiger partial charge on any atom is 0.339 e. The normalized spacial score (nSPS) is 14.4. The third-order valence-electron chi connectivity index (χ3n) is 4.42. The number of nitrogens with zero attached hydrogens (tertiary/aromatic N) is 1. The maximum absolute atomic E-state index is 12.6. The van der Waals surface area contributed by atoms with E-state index in [1.165, 1.54) is 24.3 Å². The standard InChI is InChI=1S/C21H21N3O5S/c22-13-4-14-23-30(27,28)18-11-7-16(8-12-18)21(26)29-19(15-5-2-1-3-6-15)20(25)24-17-9-10-17/h1-3,5-8,11-12,17,19,23H,4,9-10,14H2,(H,24,25). The van der Waals surface area contributed by atoms with E-state index in [9.17, 15) is 18.0 Å². The fourth-order valence-corrected chi connectivity index (χ4v) is 3.71. The Kier molecular flexibility index (Phi) is 6.82. The molecule has 2 aromatic carbocycles. The van der Waals surface area contributed by atoms with Crippen molar-refractivity contribution in [2.75, 3.05) is 6.54 Å². The number of benzene rings is 2. The number of hydrogen-bond donors (Lipinski definition) is 2. The Labute approximate surface area is 174 Å². The Morgan fingerprint density at radius 1 is 1.10 bits per heavy atom. The number of rotatable bonds is 9. The molecule has 1 atom stereocenters. The van der Waals surface area contributed by atoms with Gasteiger partial charge in [-0.3, -0.25) is 4.79 Å². The average molecular weight is 427 g/mol. The quantitative estimate of drug-likeness (QED) is 0.466. The zero-order chi connectivity index (χ0) is 21.6. The van der Waals surface area contributed by atoms with Crippen molar-refractivity contribution >= 4 is 21.9 Å². The van der Waals surface area contributed by atoms with E-state index in [2.05, 4.69) is 10.0 Å². The number of sulfonamides is 1. The summed E-state index contributed by atoms with van der Waals surface area (Å²) >= 11 is 0. The number of nitrogens with one attached hydrogen (secondary N) is 2. The molecule has 156 valence electrons.